The van der Waals surface area contributed by atoms with Crippen molar-refractivity contribution >= 4 is 0 Å². The number of hydrogen-bond donors (Lipinski definition) is 0. The van der Waals surface area contributed by atoms with Crippen molar-refractivity contribution in [3.05, 3.63) is 0 Å². The van der Waals surface area contributed by atoms with Crippen LogP contribution in [0.2, 0.25) is 0 Å². The molecule has 0 aliphatic rings. The summed E-state index contributed by atoms with van der Waals surface area (Å²) >= 11 is 0. The van der Waals surface area contributed by atoms with E-state index < -0.39 is 6.29 Å². The number of hydrogen-bond acceptors (Lipinski definition) is 2. The second-order valence-corrected chi connectivity index (χ2v) is 1.78. The highest BCUT2D eigenvalue weighted by Crippen LogP contribution is 2.00. The first-order valence-corrected chi connectivity index (χ1v) is 3.04. The van der Waals surface area contributed by atoms with E-state index >= 15 is 0 Å². The summed E-state index contributed by atoms with van der Waals surface area (Å²) in [7, 11) is 1.52. The maximum atomic E-state index is 10.4. The van der Waals surface area contributed by atoms with Gasteiger partial charge in [-0.2, -0.15) is 0 Å². The largest absolute Gasteiger partial charge is 0.356 e. The molecule has 3 nitrogen and oxygen atoms in total. The lowest BCUT2D eigenvalue weighted by Gasteiger charge is -2.14. The van der Waals surface area contributed by atoms with E-state index in [1.165, 1.54) is 14.0 Å². The Morgan fingerprint density at radius 2 is 2.11 bits per heavy atom. The third-order valence-corrected chi connectivity index (χ3v) is 0.940. The van der Waals surface area contributed by atoms with Crippen molar-refractivity contribution in [1.29, 1.82) is 0 Å². The number of rotatable bonds is 4. The fourth-order valence-electron chi connectivity index (χ4n) is 0.532. The molecule has 0 spiro atoms. The molecule has 0 heterocycles. The van der Waals surface area contributed by atoms with E-state index in [-0.39, 0.29) is 6.29 Å². The van der Waals surface area contributed by atoms with Crippen molar-refractivity contribution in [1.82, 2.24) is 0 Å². The Bertz CT molecular complexity index is 59.3. The van der Waals surface area contributed by atoms with Gasteiger partial charge in [-0.05, 0) is 13.3 Å². The van der Waals surface area contributed by atoms with Crippen LogP contribution < -0.4 is 0 Å². The molecule has 1 radical (unpaired) electrons. The van der Waals surface area contributed by atoms with Crippen LogP contribution in [0.4, 0.5) is 0 Å². The maximum absolute atomic E-state index is 10.4. The first-order chi connectivity index (χ1) is 4.20. The van der Waals surface area contributed by atoms with Gasteiger partial charge in [-0.15, -0.1) is 0 Å². The van der Waals surface area contributed by atoms with Crippen molar-refractivity contribution in [2.45, 2.75) is 32.8 Å². The van der Waals surface area contributed by atoms with Crippen LogP contribution in [0, 0.1) is 0 Å². The van der Waals surface area contributed by atoms with Crippen LogP contribution in [-0.2, 0) is 14.6 Å². The van der Waals surface area contributed by atoms with Gasteiger partial charge in [0, 0.05) is 7.11 Å². The monoisotopic (exact) mass is 133 g/mol. The van der Waals surface area contributed by atoms with Crippen LogP contribution in [0.1, 0.15) is 20.3 Å². The van der Waals surface area contributed by atoms with Gasteiger partial charge in [-0.1, -0.05) is 6.92 Å². The Labute approximate surface area is 55.6 Å². The van der Waals surface area contributed by atoms with Crippen molar-refractivity contribution in [3.63, 3.8) is 0 Å². The highest BCUT2D eigenvalue weighted by molar-refractivity contribution is 4.36. The van der Waals surface area contributed by atoms with E-state index in [0.29, 0.717) is 6.42 Å². The second kappa shape index (κ2) is 4.73. The van der Waals surface area contributed by atoms with Gasteiger partial charge in [0.25, 0.3) is 0 Å². The lowest BCUT2D eigenvalue weighted by Crippen LogP contribution is -2.19. The molecule has 0 rings (SSSR count). The van der Waals surface area contributed by atoms with Crippen LogP contribution in [0.15, 0.2) is 0 Å². The van der Waals surface area contributed by atoms with E-state index in [2.05, 4.69) is 0 Å². The second-order valence-electron chi connectivity index (χ2n) is 1.78. The summed E-state index contributed by atoms with van der Waals surface area (Å²) < 4.78 is 9.56. The molecule has 3 heteroatoms. The highest BCUT2D eigenvalue weighted by atomic mass is 16.7. The Kier molecular flexibility index (Phi) is 4.67. The minimum absolute atomic E-state index is 0.336. The summed E-state index contributed by atoms with van der Waals surface area (Å²) in [6, 6.07) is 0. The normalized spacial score (nSPS) is 17.3. The summed E-state index contributed by atoms with van der Waals surface area (Å²) in [4.78, 5) is 0. The van der Waals surface area contributed by atoms with Gasteiger partial charge in [-0.25, -0.2) is 5.11 Å². The quantitative estimate of drug-likeness (QED) is 0.540. The van der Waals surface area contributed by atoms with Gasteiger partial charge in [0.05, 0.1) is 0 Å². The van der Waals surface area contributed by atoms with Gasteiger partial charge in [0.15, 0.2) is 12.6 Å². The van der Waals surface area contributed by atoms with Crippen LogP contribution in [0.25, 0.3) is 0 Å². The first kappa shape index (κ1) is 8.88. The Morgan fingerprint density at radius 3 is 2.22 bits per heavy atom. The van der Waals surface area contributed by atoms with Gasteiger partial charge in [0.2, 0.25) is 0 Å². The molecule has 2 atom stereocenters. The summed E-state index contributed by atoms with van der Waals surface area (Å²) in [5, 5.41) is 10.4. The SMILES string of the molecule is CCC(OC)OC(C)[O]. The Balaban J connectivity index is 3.31. The van der Waals surface area contributed by atoms with E-state index in [9.17, 15) is 5.11 Å². The lowest BCUT2D eigenvalue weighted by molar-refractivity contribution is -0.232. The Hall–Kier alpha value is -0.120. The van der Waals surface area contributed by atoms with Crippen LogP contribution in [-0.4, -0.2) is 19.7 Å². The van der Waals surface area contributed by atoms with Gasteiger partial charge < -0.3 is 9.47 Å². The van der Waals surface area contributed by atoms with Crippen LogP contribution in [0.5, 0.6) is 0 Å². The molecule has 55 valence electrons. The predicted octanol–water partition coefficient (Wildman–Crippen LogP) is 1.16. The van der Waals surface area contributed by atoms with E-state index in [1.54, 1.807) is 0 Å². The standard InChI is InChI=1S/C6H13O3/c1-4-6(8-3)9-5(2)7/h5-6H,4H2,1-3H3. The molecule has 0 saturated heterocycles. The van der Waals surface area contributed by atoms with Crippen LogP contribution in [0.3, 0.4) is 0 Å². The third-order valence-electron chi connectivity index (χ3n) is 0.940. The molecule has 0 amide bonds. The average Bonchev–Trinajstić information content (AvgIpc) is 1.82. The zero-order valence-electron chi connectivity index (χ0n) is 6.09. The lowest BCUT2D eigenvalue weighted by atomic mass is 10.5. The first-order valence-electron chi connectivity index (χ1n) is 3.04. The van der Waals surface area contributed by atoms with E-state index in [1.807, 2.05) is 6.92 Å². The molecule has 0 aromatic carbocycles. The summed E-state index contributed by atoms with van der Waals surface area (Å²) in [5.74, 6) is 0. The molecule has 0 N–H and O–H groups in total. The molecule has 2 unspecified atom stereocenters. The molecule has 0 bridgehead atoms. The maximum Gasteiger partial charge on any atom is 0.191 e. The van der Waals surface area contributed by atoms with E-state index in [0.717, 1.165) is 0 Å². The molecule has 0 aliphatic heterocycles. The van der Waals surface area contributed by atoms with Crippen molar-refractivity contribution in [3.8, 4) is 0 Å². The van der Waals surface area contributed by atoms with E-state index in [4.69, 9.17) is 9.47 Å². The zero-order chi connectivity index (χ0) is 7.28. The number of ether oxygens (including phenoxy) is 2. The third kappa shape index (κ3) is 4.39. The molecule has 0 aromatic heterocycles. The minimum atomic E-state index is -0.991. The topological polar surface area (TPSA) is 38.4 Å². The summed E-state index contributed by atoms with van der Waals surface area (Å²) in [5.41, 5.74) is 0. The van der Waals surface area contributed by atoms with Gasteiger partial charge >= 0.3 is 0 Å². The van der Waals surface area contributed by atoms with Crippen molar-refractivity contribution < 1.29 is 14.6 Å². The highest BCUT2D eigenvalue weighted by Gasteiger charge is 2.07. The molecular formula is C6H13O3. The molecule has 0 saturated carbocycles. The fraction of sp³-hybridized carbons (Fsp3) is 1.00. The zero-order valence-corrected chi connectivity index (χ0v) is 6.09. The molecular weight excluding hydrogens is 120 g/mol. The molecule has 9 heavy (non-hydrogen) atoms. The summed E-state index contributed by atoms with van der Waals surface area (Å²) in [6.07, 6.45) is -0.615. The fourth-order valence-corrected chi connectivity index (χ4v) is 0.532. The van der Waals surface area contributed by atoms with Crippen molar-refractivity contribution in [2.75, 3.05) is 7.11 Å². The summed E-state index contributed by atoms with van der Waals surface area (Å²) in [6.45, 7) is 3.35. The Morgan fingerprint density at radius 1 is 1.56 bits per heavy atom. The van der Waals surface area contributed by atoms with Crippen molar-refractivity contribution in [2.24, 2.45) is 0 Å². The smallest absolute Gasteiger partial charge is 0.191 e. The molecule has 0 aliphatic carbocycles. The minimum Gasteiger partial charge on any atom is -0.356 e. The average molecular weight is 133 g/mol. The molecule has 0 fully saturated rings. The number of methoxy groups -OCH3 is 1. The predicted molar refractivity (Wildman–Crippen MR) is 32.3 cm³/mol. The van der Waals surface area contributed by atoms with Gasteiger partial charge in [-0.3, -0.25) is 0 Å². The van der Waals surface area contributed by atoms with Gasteiger partial charge in [0.1, 0.15) is 0 Å². The molecule has 0 aromatic rings. The van der Waals surface area contributed by atoms with Crippen LogP contribution >= 0.6 is 0 Å².